The largest absolute Gasteiger partial charge is 0.388 e. The van der Waals surface area contributed by atoms with Gasteiger partial charge in [0.15, 0.2) is 0 Å². The van der Waals surface area contributed by atoms with Crippen molar-refractivity contribution in [3.05, 3.63) is 34.9 Å². The highest BCUT2D eigenvalue weighted by Crippen LogP contribution is 2.42. The van der Waals surface area contributed by atoms with Crippen molar-refractivity contribution in [1.82, 2.24) is 0 Å². The van der Waals surface area contributed by atoms with E-state index in [4.69, 9.17) is 11.6 Å². The topological polar surface area (TPSA) is 20.2 Å². The Balaban J connectivity index is 2.25. The van der Waals surface area contributed by atoms with Gasteiger partial charge in [-0.15, -0.1) is 0 Å². The van der Waals surface area contributed by atoms with Crippen LogP contribution in [-0.2, 0) is 0 Å². The highest BCUT2D eigenvalue weighted by Gasteiger charge is 2.31. The summed E-state index contributed by atoms with van der Waals surface area (Å²) in [6.45, 7) is 0. The molecule has 0 aliphatic heterocycles. The minimum absolute atomic E-state index is 0.368. The minimum Gasteiger partial charge on any atom is -0.388 e. The molecule has 1 nitrogen and oxygen atoms in total. The first-order valence-electron chi connectivity index (χ1n) is 4.12. The molecule has 0 aromatic heterocycles. The van der Waals surface area contributed by atoms with Gasteiger partial charge in [-0.05, 0) is 36.5 Å². The predicted molar refractivity (Wildman–Crippen MR) is 48.0 cm³/mol. The number of aliphatic hydroxyl groups excluding tert-OH is 1. The summed E-state index contributed by atoms with van der Waals surface area (Å²) < 4.78 is 0. The molecule has 0 bridgehead atoms. The highest BCUT2D eigenvalue weighted by atomic mass is 35.5. The summed E-state index contributed by atoms with van der Waals surface area (Å²) in [7, 11) is 0. The van der Waals surface area contributed by atoms with E-state index >= 15 is 0 Å². The second-order valence-corrected chi connectivity index (χ2v) is 3.64. The van der Waals surface area contributed by atoms with Gasteiger partial charge in [0.2, 0.25) is 0 Å². The number of benzene rings is 1. The summed E-state index contributed by atoms with van der Waals surface area (Å²) in [6, 6.07) is 8.19. The van der Waals surface area contributed by atoms with Crippen LogP contribution in [0.2, 0.25) is 5.02 Å². The fraction of sp³-hybridized carbons (Fsp3) is 0.400. The molecule has 0 amide bonds. The molecule has 1 aromatic rings. The van der Waals surface area contributed by atoms with Gasteiger partial charge in [0.1, 0.15) is 0 Å². The summed E-state index contributed by atoms with van der Waals surface area (Å²) in [5.74, 6) is 0.435. The average molecular weight is 182 g/mol. The van der Waals surface area contributed by atoms with Crippen molar-refractivity contribution in [2.24, 2.45) is 5.92 Å². The van der Waals surface area contributed by atoms with E-state index in [0.29, 0.717) is 10.9 Å². The van der Waals surface area contributed by atoms with E-state index in [1.54, 1.807) is 12.1 Å². The summed E-state index contributed by atoms with van der Waals surface area (Å²) >= 11 is 5.90. The van der Waals surface area contributed by atoms with Crippen LogP contribution in [0.15, 0.2) is 18.2 Å². The Hall–Kier alpha value is -0.530. The molecule has 1 radical (unpaired) electrons. The molecule has 1 saturated carbocycles. The molecule has 1 fully saturated rings. The van der Waals surface area contributed by atoms with Crippen molar-refractivity contribution in [2.75, 3.05) is 0 Å². The maximum atomic E-state index is 9.74. The SMILES string of the molecule is OC(c1cc[c]cc1Cl)C1CC1. The Kier molecular flexibility index (Phi) is 2.07. The van der Waals surface area contributed by atoms with Crippen molar-refractivity contribution < 1.29 is 5.11 Å². The zero-order chi connectivity index (χ0) is 8.55. The maximum absolute atomic E-state index is 9.74. The van der Waals surface area contributed by atoms with Crippen molar-refractivity contribution in [3.8, 4) is 0 Å². The maximum Gasteiger partial charge on any atom is 0.0832 e. The lowest BCUT2D eigenvalue weighted by molar-refractivity contribution is 0.154. The van der Waals surface area contributed by atoms with E-state index in [1.165, 1.54) is 0 Å². The Labute approximate surface area is 77.0 Å². The lowest BCUT2D eigenvalue weighted by Gasteiger charge is -2.10. The van der Waals surface area contributed by atoms with Gasteiger partial charge in [-0.2, -0.15) is 0 Å². The molecule has 1 aliphatic carbocycles. The third-order valence-corrected chi connectivity index (χ3v) is 2.56. The average Bonchev–Trinajstić information content (AvgIpc) is 2.86. The lowest BCUT2D eigenvalue weighted by Crippen LogP contribution is -1.99. The normalized spacial score (nSPS) is 19.2. The first kappa shape index (κ1) is 8.09. The van der Waals surface area contributed by atoms with Crippen LogP contribution < -0.4 is 0 Å². The minimum atomic E-state index is -0.368. The van der Waals surface area contributed by atoms with Gasteiger partial charge in [-0.3, -0.25) is 0 Å². The predicted octanol–water partition coefficient (Wildman–Crippen LogP) is 2.58. The lowest BCUT2D eigenvalue weighted by atomic mass is 10.1. The first-order chi connectivity index (χ1) is 5.79. The van der Waals surface area contributed by atoms with Gasteiger partial charge < -0.3 is 5.11 Å². The summed E-state index contributed by atoms with van der Waals surface area (Å²) in [5.41, 5.74) is 0.845. The smallest absolute Gasteiger partial charge is 0.0832 e. The van der Waals surface area contributed by atoms with Gasteiger partial charge in [-0.25, -0.2) is 0 Å². The standard InChI is InChI=1S/C10H10ClO/c11-9-4-2-1-3-8(9)10(12)7-5-6-7/h1,3-4,7,10,12H,5-6H2. The third-order valence-electron chi connectivity index (χ3n) is 2.23. The van der Waals surface area contributed by atoms with Gasteiger partial charge in [0.05, 0.1) is 6.10 Å². The van der Waals surface area contributed by atoms with E-state index in [0.717, 1.165) is 18.4 Å². The molecular formula is C10H10ClO. The molecule has 1 atom stereocenters. The third kappa shape index (κ3) is 1.47. The van der Waals surface area contributed by atoms with Crippen LogP contribution in [-0.4, -0.2) is 5.11 Å². The Morgan fingerprint density at radius 1 is 1.58 bits per heavy atom. The van der Waals surface area contributed by atoms with Crippen LogP contribution in [0.3, 0.4) is 0 Å². The van der Waals surface area contributed by atoms with Gasteiger partial charge in [0.25, 0.3) is 0 Å². The zero-order valence-corrected chi connectivity index (χ0v) is 7.38. The quantitative estimate of drug-likeness (QED) is 0.744. The van der Waals surface area contributed by atoms with E-state index < -0.39 is 0 Å². The molecule has 63 valence electrons. The second kappa shape index (κ2) is 3.08. The summed E-state index contributed by atoms with van der Waals surface area (Å²) in [5, 5.41) is 10.4. The van der Waals surface area contributed by atoms with E-state index in [1.807, 2.05) is 6.07 Å². The van der Waals surface area contributed by atoms with Crippen LogP contribution in [0.25, 0.3) is 0 Å². The van der Waals surface area contributed by atoms with Crippen LogP contribution >= 0.6 is 11.6 Å². The van der Waals surface area contributed by atoms with Crippen molar-refractivity contribution >= 4 is 11.6 Å². The Bertz CT molecular complexity index is 281. The molecule has 1 aliphatic rings. The fourth-order valence-electron chi connectivity index (χ4n) is 1.33. The molecule has 1 unspecified atom stereocenters. The van der Waals surface area contributed by atoms with Gasteiger partial charge in [0, 0.05) is 5.02 Å². The molecule has 1 aromatic carbocycles. The zero-order valence-electron chi connectivity index (χ0n) is 6.63. The fourth-order valence-corrected chi connectivity index (χ4v) is 1.57. The van der Waals surface area contributed by atoms with Crippen molar-refractivity contribution in [1.29, 1.82) is 0 Å². The van der Waals surface area contributed by atoms with Gasteiger partial charge >= 0.3 is 0 Å². The van der Waals surface area contributed by atoms with Crippen LogP contribution in [0, 0.1) is 12.0 Å². The number of hydrogen-bond donors (Lipinski definition) is 1. The van der Waals surface area contributed by atoms with Crippen LogP contribution in [0.5, 0.6) is 0 Å². The molecule has 1 N–H and O–H groups in total. The molecule has 2 heteroatoms. The summed E-state index contributed by atoms with van der Waals surface area (Å²) in [6.07, 6.45) is 1.87. The number of hydrogen-bond acceptors (Lipinski definition) is 1. The molecular weight excluding hydrogens is 172 g/mol. The van der Waals surface area contributed by atoms with E-state index in [-0.39, 0.29) is 6.10 Å². The molecule has 0 heterocycles. The molecule has 0 saturated heterocycles. The monoisotopic (exact) mass is 181 g/mol. The molecule has 0 spiro atoms. The van der Waals surface area contributed by atoms with Crippen LogP contribution in [0.1, 0.15) is 24.5 Å². The summed E-state index contributed by atoms with van der Waals surface area (Å²) in [4.78, 5) is 0. The molecule has 12 heavy (non-hydrogen) atoms. The van der Waals surface area contributed by atoms with Gasteiger partial charge in [-0.1, -0.05) is 23.7 Å². The molecule has 2 rings (SSSR count). The first-order valence-corrected chi connectivity index (χ1v) is 4.50. The number of halogens is 1. The number of rotatable bonds is 2. The van der Waals surface area contributed by atoms with E-state index in [2.05, 4.69) is 6.07 Å². The van der Waals surface area contributed by atoms with E-state index in [9.17, 15) is 5.11 Å². The van der Waals surface area contributed by atoms with Crippen LogP contribution in [0.4, 0.5) is 0 Å². The second-order valence-electron chi connectivity index (χ2n) is 3.23. The van der Waals surface area contributed by atoms with Crippen molar-refractivity contribution in [2.45, 2.75) is 18.9 Å². The van der Waals surface area contributed by atoms with Crippen molar-refractivity contribution in [3.63, 3.8) is 0 Å². The Morgan fingerprint density at radius 3 is 2.92 bits per heavy atom. The number of aliphatic hydroxyl groups is 1. The Morgan fingerprint density at radius 2 is 2.33 bits per heavy atom. The highest BCUT2D eigenvalue weighted by molar-refractivity contribution is 6.31.